The Morgan fingerprint density at radius 3 is 2.63 bits per heavy atom. The van der Waals surface area contributed by atoms with E-state index in [0.29, 0.717) is 10.1 Å². The van der Waals surface area contributed by atoms with E-state index < -0.39 is 0 Å². The molecule has 1 amide bonds. The molecule has 0 bridgehead atoms. The van der Waals surface area contributed by atoms with Gasteiger partial charge >= 0.3 is 0 Å². The summed E-state index contributed by atoms with van der Waals surface area (Å²) in [6.07, 6.45) is 0. The van der Waals surface area contributed by atoms with Crippen molar-refractivity contribution in [2.75, 3.05) is 36.7 Å². The van der Waals surface area contributed by atoms with E-state index in [2.05, 4.69) is 20.8 Å². The van der Waals surface area contributed by atoms with Crippen LogP contribution < -0.4 is 15.5 Å². The summed E-state index contributed by atoms with van der Waals surface area (Å²) in [6, 6.07) is 7.60. The van der Waals surface area contributed by atoms with E-state index in [0.717, 1.165) is 11.4 Å². The topological polar surface area (TPSA) is 70.1 Å². The van der Waals surface area contributed by atoms with Crippen LogP contribution in [0.4, 0.5) is 16.5 Å². The summed E-state index contributed by atoms with van der Waals surface area (Å²) in [5.41, 5.74) is 1.69. The zero-order valence-corrected chi connectivity index (χ0v) is 11.8. The van der Waals surface area contributed by atoms with Gasteiger partial charge < -0.3 is 15.5 Å². The molecule has 2 N–H and O–H groups in total. The van der Waals surface area contributed by atoms with Crippen LogP contribution >= 0.6 is 11.3 Å². The van der Waals surface area contributed by atoms with Crippen molar-refractivity contribution in [3.8, 4) is 0 Å². The lowest BCUT2D eigenvalue weighted by Gasteiger charge is -2.17. The summed E-state index contributed by atoms with van der Waals surface area (Å²) in [4.78, 5) is 14.0. The standard InChI is InChI=1S/C12H15N5OS/c1-13-12-16-15-11(19-12)10(18)14-8-6-4-5-7-9(8)17(2)3/h4-7H,1-3H3,(H,13,16)(H,14,18). The summed E-state index contributed by atoms with van der Waals surface area (Å²) in [6.45, 7) is 0. The van der Waals surface area contributed by atoms with Crippen LogP contribution in [0.3, 0.4) is 0 Å². The van der Waals surface area contributed by atoms with Gasteiger partial charge in [0.2, 0.25) is 10.1 Å². The van der Waals surface area contributed by atoms with Crippen LogP contribution in [0.1, 0.15) is 9.80 Å². The van der Waals surface area contributed by atoms with Crippen molar-refractivity contribution in [1.29, 1.82) is 0 Å². The number of aromatic nitrogens is 2. The van der Waals surface area contributed by atoms with Gasteiger partial charge in [0.25, 0.3) is 5.91 Å². The highest BCUT2D eigenvalue weighted by molar-refractivity contribution is 7.17. The first-order valence-electron chi connectivity index (χ1n) is 5.70. The predicted octanol–water partition coefficient (Wildman–Crippen LogP) is 1.90. The van der Waals surface area contributed by atoms with E-state index in [-0.39, 0.29) is 5.91 Å². The molecule has 0 radical (unpaired) electrons. The molecule has 0 fully saturated rings. The Labute approximate surface area is 115 Å². The van der Waals surface area contributed by atoms with Gasteiger partial charge in [-0.3, -0.25) is 4.79 Å². The normalized spacial score (nSPS) is 10.1. The summed E-state index contributed by atoms with van der Waals surface area (Å²) < 4.78 is 0. The van der Waals surface area contributed by atoms with Crippen LogP contribution in [-0.4, -0.2) is 37.2 Å². The minimum absolute atomic E-state index is 0.256. The first-order valence-corrected chi connectivity index (χ1v) is 6.52. The summed E-state index contributed by atoms with van der Waals surface area (Å²) in [5.74, 6) is -0.256. The molecule has 1 aromatic heterocycles. The maximum Gasteiger partial charge on any atom is 0.286 e. The molecule has 1 aromatic carbocycles. The number of anilines is 3. The van der Waals surface area contributed by atoms with Crippen LogP contribution in [0.5, 0.6) is 0 Å². The van der Waals surface area contributed by atoms with Gasteiger partial charge in [-0.1, -0.05) is 23.5 Å². The van der Waals surface area contributed by atoms with Crippen molar-refractivity contribution in [1.82, 2.24) is 10.2 Å². The van der Waals surface area contributed by atoms with E-state index in [1.165, 1.54) is 11.3 Å². The van der Waals surface area contributed by atoms with Crippen molar-refractivity contribution in [3.05, 3.63) is 29.3 Å². The highest BCUT2D eigenvalue weighted by atomic mass is 32.1. The van der Waals surface area contributed by atoms with E-state index in [1.807, 2.05) is 43.3 Å². The smallest absolute Gasteiger partial charge is 0.286 e. The number of amides is 1. The third kappa shape index (κ3) is 3.00. The molecule has 0 saturated heterocycles. The second-order valence-corrected chi connectivity index (χ2v) is 5.01. The summed E-state index contributed by atoms with van der Waals surface area (Å²) in [7, 11) is 5.59. The fraction of sp³-hybridized carbons (Fsp3) is 0.250. The minimum atomic E-state index is -0.256. The molecule has 0 saturated carbocycles. The molecule has 0 spiro atoms. The van der Waals surface area contributed by atoms with E-state index in [4.69, 9.17) is 0 Å². The fourth-order valence-corrected chi connectivity index (χ4v) is 2.15. The Kier molecular flexibility index (Phi) is 3.96. The average Bonchev–Trinajstić information content (AvgIpc) is 2.88. The van der Waals surface area contributed by atoms with Gasteiger partial charge in [0.15, 0.2) is 0 Å². The third-order valence-corrected chi connectivity index (χ3v) is 3.41. The Hall–Kier alpha value is -2.15. The number of carbonyl (C=O) groups is 1. The van der Waals surface area contributed by atoms with Gasteiger partial charge in [0.1, 0.15) is 0 Å². The highest BCUT2D eigenvalue weighted by Gasteiger charge is 2.14. The zero-order chi connectivity index (χ0) is 13.8. The molecule has 19 heavy (non-hydrogen) atoms. The molecule has 0 aliphatic heterocycles. The first-order chi connectivity index (χ1) is 9.11. The van der Waals surface area contributed by atoms with Gasteiger partial charge in [0.05, 0.1) is 11.4 Å². The van der Waals surface area contributed by atoms with Crippen LogP contribution in [0.2, 0.25) is 0 Å². The van der Waals surface area contributed by atoms with Crippen LogP contribution in [0, 0.1) is 0 Å². The lowest BCUT2D eigenvalue weighted by Crippen LogP contribution is -2.16. The van der Waals surface area contributed by atoms with Crippen molar-refractivity contribution in [3.63, 3.8) is 0 Å². The maximum atomic E-state index is 12.1. The number of benzene rings is 1. The quantitative estimate of drug-likeness (QED) is 0.893. The lowest BCUT2D eigenvalue weighted by molar-refractivity contribution is 0.102. The Bertz CT molecular complexity index is 581. The minimum Gasteiger partial charge on any atom is -0.376 e. The van der Waals surface area contributed by atoms with E-state index in [1.54, 1.807) is 7.05 Å². The molecule has 6 nitrogen and oxygen atoms in total. The van der Waals surface area contributed by atoms with Crippen LogP contribution in [-0.2, 0) is 0 Å². The number of carbonyl (C=O) groups excluding carboxylic acids is 1. The molecule has 0 aliphatic rings. The van der Waals surface area contributed by atoms with Crippen molar-refractivity contribution >= 4 is 33.8 Å². The van der Waals surface area contributed by atoms with Gasteiger partial charge in [0, 0.05) is 21.1 Å². The molecule has 7 heteroatoms. The van der Waals surface area contributed by atoms with Crippen molar-refractivity contribution < 1.29 is 4.79 Å². The number of hydrogen-bond donors (Lipinski definition) is 2. The SMILES string of the molecule is CNc1nnc(C(=O)Nc2ccccc2N(C)C)s1. The second-order valence-electron chi connectivity index (χ2n) is 4.03. The molecule has 0 aliphatic carbocycles. The Morgan fingerprint density at radius 2 is 2.00 bits per heavy atom. The van der Waals surface area contributed by atoms with Crippen LogP contribution in [0.15, 0.2) is 24.3 Å². The molecular formula is C12H15N5OS. The van der Waals surface area contributed by atoms with Crippen LogP contribution in [0.25, 0.3) is 0 Å². The largest absolute Gasteiger partial charge is 0.376 e. The molecule has 100 valence electrons. The third-order valence-electron chi connectivity index (χ3n) is 2.47. The van der Waals surface area contributed by atoms with Crippen molar-refractivity contribution in [2.45, 2.75) is 0 Å². The summed E-state index contributed by atoms with van der Waals surface area (Å²) >= 11 is 1.22. The van der Waals surface area contributed by atoms with E-state index >= 15 is 0 Å². The van der Waals surface area contributed by atoms with Gasteiger partial charge in [-0.25, -0.2) is 0 Å². The monoisotopic (exact) mass is 277 g/mol. The number of nitrogens with zero attached hydrogens (tertiary/aromatic N) is 3. The maximum absolute atomic E-state index is 12.1. The second kappa shape index (κ2) is 5.66. The Balaban J connectivity index is 2.19. The number of para-hydroxylation sites is 2. The average molecular weight is 277 g/mol. The number of nitrogens with one attached hydrogen (secondary N) is 2. The molecule has 0 unspecified atom stereocenters. The van der Waals surface area contributed by atoms with Gasteiger partial charge in [-0.15, -0.1) is 10.2 Å². The number of hydrogen-bond acceptors (Lipinski definition) is 6. The molecule has 1 heterocycles. The van der Waals surface area contributed by atoms with Gasteiger partial charge in [-0.2, -0.15) is 0 Å². The molecule has 0 atom stereocenters. The van der Waals surface area contributed by atoms with Crippen molar-refractivity contribution in [2.24, 2.45) is 0 Å². The zero-order valence-electron chi connectivity index (χ0n) is 11.0. The molecule has 2 rings (SSSR count). The number of rotatable bonds is 4. The van der Waals surface area contributed by atoms with Gasteiger partial charge in [-0.05, 0) is 12.1 Å². The fourth-order valence-electron chi connectivity index (χ4n) is 1.56. The Morgan fingerprint density at radius 1 is 1.26 bits per heavy atom. The summed E-state index contributed by atoms with van der Waals surface area (Å²) in [5, 5.41) is 14.3. The lowest BCUT2D eigenvalue weighted by atomic mass is 10.2. The molecular weight excluding hydrogens is 262 g/mol. The van der Waals surface area contributed by atoms with E-state index in [9.17, 15) is 4.79 Å². The molecule has 2 aromatic rings. The highest BCUT2D eigenvalue weighted by Crippen LogP contribution is 2.24. The predicted molar refractivity (Wildman–Crippen MR) is 78.2 cm³/mol. The first kappa shape index (κ1) is 13.3.